The number of fused-ring (bicyclic) bond motifs is 1. The van der Waals surface area contributed by atoms with Crippen molar-refractivity contribution in [2.45, 2.75) is 38.1 Å². The van der Waals surface area contributed by atoms with Gasteiger partial charge in [-0.15, -0.1) is 5.10 Å². The molecule has 0 aromatic carbocycles. The lowest BCUT2D eigenvalue weighted by molar-refractivity contribution is 0.211. The van der Waals surface area contributed by atoms with E-state index in [0.717, 1.165) is 28.6 Å². The summed E-state index contributed by atoms with van der Waals surface area (Å²) in [5, 5.41) is 23.2. The van der Waals surface area contributed by atoms with E-state index in [4.69, 9.17) is 0 Å². The van der Waals surface area contributed by atoms with Gasteiger partial charge in [0.05, 0.1) is 18.4 Å². The Balaban J connectivity index is 1.68. The SMILES string of the molecule is OCCC(C1CCCC1)n1cc(-c2cnnc3[nH]ccc23)cn1. The molecule has 3 aromatic heterocycles. The number of rotatable bonds is 5. The average Bonchev–Trinajstić information content (AvgIpc) is 3.32. The zero-order chi connectivity index (χ0) is 15.6. The highest BCUT2D eigenvalue weighted by Gasteiger charge is 2.26. The fourth-order valence-corrected chi connectivity index (χ4v) is 3.82. The summed E-state index contributed by atoms with van der Waals surface area (Å²) in [7, 11) is 0. The number of nitrogens with zero attached hydrogens (tertiary/aromatic N) is 4. The average molecular weight is 311 g/mol. The van der Waals surface area contributed by atoms with Gasteiger partial charge in [0.1, 0.15) is 0 Å². The van der Waals surface area contributed by atoms with Gasteiger partial charge < -0.3 is 10.1 Å². The summed E-state index contributed by atoms with van der Waals surface area (Å²) < 4.78 is 2.04. The topological polar surface area (TPSA) is 79.6 Å². The van der Waals surface area contributed by atoms with Gasteiger partial charge in [0.15, 0.2) is 5.65 Å². The quantitative estimate of drug-likeness (QED) is 0.759. The van der Waals surface area contributed by atoms with Gasteiger partial charge >= 0.3 is 0 Å². The minimum absolute atomic E-state index is 0.204. The highest BCUT2D eigenvalue weighted by molar-refractivity contribution is 5.91. The zero-order valence-electron chi connectivity index (χ0n) is 13.0. The Hall–Kier alpha value is -2.21. The number of H-pyrrole nitrogens is 1. The Morgan fingerprint density at radius 3 is 3.00 bits per heavy atom. The molecule has 1 saturated carbocycles. The van der Waals surface area contributed by atoms with Crippen molar-refractivity contribution in [3.8, 4) is 11.1 Å². The van der Waals surface area contributed by atoms with Crippen LogP contribution in [-0.4, -0.2) is 36.7 Å². The minimum Gasteiger partial charge on any atom is -0.396 e. The molecule has 1 aliphatic carbocycles. The van der Waals surface area contributed by atoms with Crippen molar-refractivity contribution in [2.24, 2.45) is 5.92 Å². The van der Waals surface area contributed by atoms with Crippen LogP contribution in [0, 0.1) is 5.92 Å². The summed E-state index contributed by atoms with van der Waals surface area (Å²) in [4.78, 5) is 3.09. The van der Waals surface area contributed by atoms with Crippen molar-refractivity contribution in [1.82, 2.24) is 25.0 Å². The lowest BCUT2D eigenvalue weighted by atomic mass is 9.96. The first kappa shape index (κ1) is 14.4. The smallest absolute Gasteiger partial charge is 0.160 e. The lowest BCUT2D eigenvalue weighted by Gasteiger charge is -2.23. The minimum atomic E-state index is 0.204. The molecule has 0 radical (unpaired) electrons. The van der Waals surface area contributed by atoms with E-state index in [-0.39, 0.29) is 12.6 Å². The third-order valence-electron chi connectivity index (χ3n) is 4.98. The molecule has 4 rings (SSSR count). The Bertz CT molecular complexity index is 787. The van der Waals surface area contributed by atoms with Crippen LogP contribution in [0.25, 0.3) is 22.2 Å². The molecule has 1 fully saturated rings. The molecule has 23 heavy (non-hydrogen) atoms. The van der Waals surface area contributed by atoms with Gasteiger partial charge in [-0.05, 0) is 31.2 Å². The molecule has 3 heterocycles. The number of hydrogen-bond acceptors (Lipinski definition) is 4. The van der Waals surface area contributed by atoms with E-state index in [1.807, 2.05) is 23.1 Å². The maximum Gasteiger partial charge on any atom is 0.160 e. The predicted octanol–water partition coefficient (Wildman–Crippen LogP) is 2.94. The molecule has 6 heteroatoms. The summed E-state index contributed by atoms with van der Waals surface area (Å²) in [6.45, 7) is 0.204. The van der Waals surface area contributed by atoms with E-state index in [1.165, 1.54) is 25.7 Å². The van der Waals surface area contributed by atoms with Crippen LogP contribution in [0.3, 0.4) is 0 Å². The largest absolute Gasteiger partial charge is 0.396 e. The fourth-order valence-electron chi connectivity index (χ4n) is 3.82. The van der Waals surface area contributed by atoms with E-state index in [2.05, 4.69) is 26.5 Å². The molecule has 1 unspecified atom stereocenters. The lowest BCUT2D eigenvalue weighted by Crippen LogP contribution is -2.19. The van der Waals surface area contributed by atoms with Crippen LogP contribution < -0.4 is 0 Å². The first-order chi connectivity index (χ1) is 11.4. The van der Waals surface area contributed by atoms with Crippen LogP contribution in [0.5, 0.6) is 0 Å². The molecule has 0 amide bonds. The van der Waals surface area contributed by atoms with Crippen molar-refractivity contribution in [2.75, 3.05) is 6.61 Å². The summed E-state index contributed by atoms with van der Waals surface area (Å²) in [6, 6.07) is 2.30. The molecular weight excluding hydrogens is 290 g/mol. The van der Waals surface area contributed by atoms with Crippen LogP contribution in [0.2, 0.25) is 0 Å². The molecule has 3 aromatic rings. The third kappa shape index (κ3) is 2.63. The van der Waals surface area contributed by atoms with Crippen LogP contribution in [0.15, 0.2) is 30.9 Å². The van der Waals surface area contributed by atoms with Crippen LogP contribution >= 0.6 is 0 Å². The number of nitrogens with one attached hydrogen (secondary N) is 1. The summed E-state index contributed by atoms with van der Waals surface area (Å²) in [5.74, 6) is 0.623. The third-order valence-corrected chi connectivity index (χ3v) is 4.98. The number of aliphatic hydroxyl groups is 1. The van der Waals surface area contributed by atoms with Gasteiger partial charge in [-0.1, -0.05) is 12.8 Å². The standard InChI is InChI=1S/C17H21N5O/c23-8-6-16(12-3-1-2-4-12)22-11-13(9-20-22)15-10-19-21-17-14(15)5-7-18-17/h5,7,9-12,16,23H,1-4,6,8H2,(H,18,21). The first-order valence-corrected chi connectivity index (χ1v) is 8.31. The molecule has 0 bridgehead atoms. The Labute approximate surface area is 134 Å². The van der Waals surface area contributed by atoms with Crippen molar-refractivity contribution < 1.29 is 5.11 Å². The molecule has 0 saturated heterocycles. The summed E-state index contributed by atoms with van der Waals surface area (Å²) in [6.07, 6.45) is 13.5. The zero-order valence-corrected chi connectivity index (χ0v) is 13.0. The Morgan fingerprint density at radius 2 is 2.17 bits per heavy atom. The van der Waals surface area contributed by atoms with Crippen LogP contribution in [-0.2, 0) is 0 Å². The molecule has 0 aliphatic heterocycles. The first-order valence-electron chi connectivity index (χ1n) is 8.31. The number of aromatic amines is 1. The van der Waals surface area contributed by atoms with Crippen molar-refractivity contribution >= 4 is 11.0 Å². The normalized spacial score (nSPS) is 17.1. The van der Waals surface area contributed by atoms with Crippen molar-refractivity contribution in [1.29, 1.82) is 0 Å². The molecule has 2 N–H and O–H groups in total. The number of aromatic nitrogens is 5. The summed E-state index contributed by atoms with van der Waals surface area (Å²) in [5.41, 5.74) is 2.88. The predicted molar refractivity (Wildman–Crippen MR) is 87.8 cm³/mol. The highest BCUT2D eigenvalue weighted by Crippen LogP contribution is 2.36. The van der Waals surface area contributed by atoms with Gasteiger partial charge in [-0.25, -0.2) is 0 Å². The van der Waals surface area contributed by atoms with Gasteiger partial charge in [-0.2, -0.15) is 10.2 Å². The van der Waals surface area contributed by atoms with E-state index < -0.39 is 0 Å². The number of aliphatic hydroxyl groups excluding tert-OH is 1. The van der Waals surface area contributed by atoms with E-state index >= 15 is 0 Å². The second kappa shape index (κ2) is 6.12. The van der Waals surface area contributed by atoms with E-state index in [0.29, 0.717) is 5.92 Å². The molecule has 1 atom stereocenters. The Morgan fingerprint density at radius 1 is 1.30 bits per heavy atom. The second-order valence-corrected chi connectivity index (χ2v) is 6.33. The Kier molecular flexibility index (Phi) is 3.83. The number of hydrogen-bond donors (Lipinski definition) is 2. The van der Waals surface area contributed by atoms with Gasteiger partial charge in [0, 0.05) is 35.5 Å². The summed E-state index contributed by atoms with van der Waals surface area (Å²) >= 11 is 0. The van der Waals surface area contributed by atoms with Gasteiger partial charge in [0.25, 0.3) is 0 Å². The van der Waals surface area contributed by atoms with Crippen molar-refractivity contribution in [3.63, 3.8) is 0 Å². The maximum absolute atomic E-state index is 9.43. The molecule has 6 nitrogen and oxygen atoms in total. The van der Waals surface area contributed by atoms with E-state index in [9.17, 15) is 5.11 Å². The van der Waals surface area contributed by atoms with Crippen LogP contribution in [0.1, 0.15) is 38.1 Å². The molecule has 1 aliphatic rings. The molecular formula is C17H21N5O. The van der Waals surface area contributed by atoms with Gasteiger partial charge in [0.2, 0.25) is 0 Å². The highest BCUT2D eigenvalue weighted by atomic mass is 16.3. The monoisotopic (exact) mass is 311 g/mol. The second-order valence-electron chi connectivity index (χ2n) is 6.33. The fraction of sp³-hybridized carbons (Fsp3) is 0.471. The van der Waals surface area contributed by atoms with Crippen molar-refractivity contribution in [3.05, 3.63) is 30.9 Å². The maximum atomic E-state index is 9.43. The van der Waals surface area contributed by atoms with Crippen LogP contribution in [0.4, 0.5) is 0 Å². The molecule has 120 valence electrons. The van der Waals surface area contributed by atoms with Gasteiger partial charge in [-0.3, -0.25) is 4.68 Å². The molecule has 0 spiro atoms. The van der Waals surface area contributed by atoms with E-state index in [1.54, 1.807) is 6.20 Å².